The van der Waals surface area contributed by atoms with E-state index in [1.165, 1.54) is 18.2 Å². The van der Waals surface area contributed by atoms with Gasteiger partial charge in [0.15, 0.2) is 0 Å². The fraction of sp³-hybridized carbons (Fsp3) is 0.500. The second kappa shape index (κ2) is 6.26. The molecule has 1 amide bonds. The summed E-state index contributed by atoms with van der Waals surface area (Å²) in [4.78, 5) is 11.9. The normalized spacial score (nSPS) is 19.1. The summed E-state index contributed by atoms with van der Waals surface area (Å²) >= 11 is 0. The van der Waals surface area contributed by atoms with Gasteiger partial charge in [0, 0.05) is 12.6 Å². The highest BCUT2D eigenvalue weighted by molar-refractivity contribution is 5.95. The number of alkyl halides is 3. The molecule has 3 nitrogen and oxygen atoms in total. The summed E-state index contributed by atoms with van der Waals surface area (Å²) in [5, 5.41) is 5.83. The highest BCUT2D eigenvalue weighted by atomic mass is 19.4. The Morgan fingerprint density at radius 2 is 2.10 bits per heavy atom. The van der Waals surface area contributed by atoms with Gasteiger partial charge in [0.1, 0.15) is 0 Å². The van der Waals surface area contributed by atoms with E-state index in [2.05, 4.69) is 10.6 Å². The highest BCUT2D eigenvalue weighted by Gasteiger charge is 2.34. The van der Waals surface area contributed by atoms with E-state index in [1.807, 2.05) is 0 Å². The van der Waals surface area contributed by atoms with E-state index in [0.29, 0.717) is 12.6 Å². The molecule has 0 bridgehead atoms. The van der Waals surface area contributed by atoms with Gasteiger partial charge in [-0.1, -0.05) is 12.1 Å². The Hall–Kier alpha value is -1.56. The molecule has 1 aliphatic heterocycles. The molecule has 1 fully saturated rings. The van der Waals surface area contributed by atoms with Crippen molar-refractivity contribution in [3.63, 3.8) is 0 Å². The number of hydrogen-bond acceptors (Lipinski definition) is 2. The number of halogens is 3. The Bertz CT molecular complexity index is 468. The maximum atomic E-state index is 12.8. The first-order valence-electron chi connectivity index (χ1n) is 6.66. The lowest BCUT2D eigenvalue weighted by molar-refractivity contribution is -0.137. The van der Waals surface area contributed by atoms with E-state index in [1.54, 1.807) is 0 Å². The van der Waals surface area contributed by atoms with E-state index in [4.69, 9.17) is 0 Å². The van der Waals surface area contributed by atoms with E-state index in [0.717, 1.165) is 31.9 Å². The maximum Gasteiger partial charge on any atom is 0.417 e. The van der Waals surface area contributed by atoms with E-state index >= 15 is 0 Å². The smallest absolute Gasteiger partial charge is 0.352 e. The SMILES string of the molecule is O=C(NCC[C@@H]1CCCN1)c1ccccc1C(F)(F)F. The third kappa shape index (κ3) is 3.72. The molecule has 2 rings (SSSR count). The molecule has 0 unspecified atom stereocenters. The second-order valence-electron chi connectivity index (χ2n) is 4.88. The molecule has 1 aliphatic rings. The second-order valence-corrected chi connectivity index (χ2v) is 4.88. The van der Waals surface area contributed by atoms with Gasteiger partial charge in [0.05, 0.1) is 11.1 Å². The summed E-state index contributed by atoms with van der Waals surface area (Å²) in [5.41, 5.74) is -1.21. The Morgan fingerprint density at radius 1 is 1.35 bits per heavy atom. The van der Waals surface area contributed by atoms with Crippen LogP contribution in [0.1, 0.15) is 35.2 Å². The van der Waals surface area contributed by atoms with Crippen LogP contribution in [-0.4, -0.2) is 25.0 Å². The summed E-state index contributed by atoms with van der Waals surface area (Å²) in [7, 11) is 0. The van der Waals surface area contributed by atoms with Crippen molar-refractivity contribution < 1.29 is 18.0 Å². The number of rotatable bonds is 4. The van der Waals surface area contributed by atoms with Gasteiger partial charge >= 0.3 is 6.18 Å². The molecule has 110 valence electrons. The molecule has 1 heterocycles. The lowest BCUT2D eigenvalue weighted by Gasteiger charge is -2.14. The van der Waals surface area contributed by atoms with Crippen LogP contribution in [0.2, 0.25) is 0 Å². The van der Waals surface area contributed by atoms with Gasteiger partial charge in [-0.3, -0.25) is 4.79 Å². The minimum Gasteiger partial charge on any atom is -0.352 e. The van der Waals surface area contributed by atoms with Crippen molar-refractivity contribution in [2.24, 2.45) is 0 Å². The standard InChI is InChI=1S/C14H17F3N2O/c15-14(16,17)12-6-2-1-5-11(12)13(20)19-9-7-10-4-3-8-18-10/h1-2,5-6,10,18H,3-4,7-9H2,(H,19,20)/t10-/m0/s1. The van der Waals surface area contributed by atoms with Gasteiger partial charge in [-0.15, -0.1) is 0 Å². The lowest BCUT2D eigenvalue weighted by Crippen LogP contribution is -2.31. The van der Waals surface area contributed by atoms with Crippen LogP contribution >= 0.6 is 0 Å². The predicted octanol–water partition coefficient (Wildman–Crippen LogP) is 2.58. The van der Waals surface area contributed by atoms with Gasteiger partial charge in [0.2, 0.25) is 0 Å². The summed E-state index contributed by atoms with van der Waals surface area (Å²) in [6.45, 7) is 1.35. The zero-order valence-electron chi connectivity index (χ0n) is 11.0. The van der Waals surface area contributed by atoms with Crippen molar-refractivity contribution in [3.05, 3.63) is 35.4 Å². The molecule has 0 aromatic heterocycles. The summed E-state index contributed by atoms with van der Waals surface area (Å²) in [6.07, 6.45) is -1.62. The lowest BCUT2D eigenvalue weighted by atomic mass is 10.1. The number of nitrogens with one attached hydrogen (secondary N) is 2. The predicted molar refractivity (Wildman–Crippen MR) is 69.4 cm³/mol. The van der Waals surface area contributed by atoms with Gasteiger partial charge in [-0.25, -0.2) is 0 Å². The fourth-order valence-corrected chi connectivity index (χ4v) is 2.39. The Balaban J connectivity index is 1.95. The van der Waals surface area contributed by atoms with Gasteiger partial charge in [0.25, 0.3) is 5.91 Å². The van der Waals surface area contributed by atoms with Crippen LogP contribution in [0, 0.1) is 0 Å². The minimum absolute atomic E-state index is 0.320. The molecule has 0 saturated carbocycles. The third-order valence-corrected chi connectivity index (χ3v) is 3.42. The van der Waals surface area contributed by atoms with Gasteiger partial charge in [-0.05, 0) is 37.9 Å². The summed E-state index contributed by atoms with van der Waals surface area (Å²) in [6, 6.07) is 5.19. The molecule has 1 saturated heterocycles. The van der Waals surface area contributed by atoms with Gasteiger partial charge in [-0.2, -0.15) is 13.2 Å². The zero-order valence-corrected chi connectivity index (χ0v) is 11.0. The molecule has 1 atom stereocenters. The van der Waals surface area contributed by atoms with E-state index < -0.39 is 17.6 Å². The molecule has 0 aliphatic carbocycles. The average Bonchev–Trinajstić information content (AvgIpc) is 2.91. The van der Waals surface area contributed by atoms with Crippen LogP contribution in [0.5, 0.6) is 0 Å². The van der Waals surface area contributed by atoms with Crippen molar-refractivity contribution in [1.29, 1.82) is 0 Å². The number of carbonyl (C=O) groups is 1. The number of amides is 1. The molecule has 0 radical (unpaired) electrons. The molecule has 6 heteroatoms. The van der Waals surface area contributed by atoms with Crippen molar-refractivity contribution in [1.82, 2.24) is 10.6 Å². The van der Waals surface area contributed by atoms with Crippen LogP contribution in [-0.2, 0) is 6.18 Å². The number of hydrogen-bond donors (Lipinski definition) is 2. The summed E-state index contributed by atoms with van der Waals surface area (Å²) < 4.78 is 38.4. The fourth-order valence-electron chi connectivity index (χ4n) is 2.39. The Labute approximate surface area is 115 Å². The molecule has 2 N–H and O–H groups in total. The molecule has 1 aromatic rings. The van der Waals surface area contributed by atoms with Crippen LogP contribution < -0.4 is 10.6 Å². The van der Waals surface area contributed by atoms with Crippen LogP contribution in [0.25, 0.3) is 0 Å². The van der Waals surface area contributed by atoms with E-state index in [-0.39, 0.29) is 5.56 Å². The van der Waals surface area contributed by atoms with Crippen LogP contribution in [0.4, 0.5) is 13.2 Å². The molecule has 1 aromatic carbocycles. The zero-order chi connectivity index (χ0) is 14.6. The van der Waals surface area contributed by atoms with Gasteiger partial charge < -0.3 is 10.6 Å². The van der Waals surface area contributed by atoms with E-state index in [9.17, 15) is 18.0 Å². The summed E-state index contributed by atoms with van der Waals surface area (Å²) in [5.74, 6) is -0.670. The first-order valence-corrected chi connectivity index (χ1v) is 6.66. The largest absolute Gasteiger partial charge is 0.417 e. The average molecular weight is 286 g/mol. The molecular weight excluding hydrogens is 269 g/mol. The number of benzene rings is 1. The molecule has 20 heavy (non-hydrogen) atoms. The van der Waals surface area contributed by atoms with Crippen molar-refractivity contribution in [3.8, 4) is 0 Å². The quantitative estimate of drug-likeness (QED) is 0.893. The first-order chi connectivity index (χ1) is 9.48. The molecule has 0 spiro atoms. The first kappa shape index (κ1) is 14.8. The highest BCUT2D eigenvalue weighted by Crippen LogP contribution is 2.31. The van der Waals surface area contributed by atoms with Crippen LogP contribution in [0.15, 0.2) is 24.3 Å². The molecular formula is C14H17F3N2O. The van der Waals surface area contributed by atoms with Crippen molar-refractivity contribution in [2.75, 3.05) is 13.1 Å². The minimum atomic E-state index is -4.51. The monoisotopic (exact) mass is 286 g/mol. The van der Waals surface area contributed by atoms with Crippen LogP contribution in [0.3, 0.4) is 0 Å². The third-order valence-electron chi connectivity index (χ3n) is 3.42. The van der Waals surface area contributed by atoms with Crippen molar-refractivity contribution in [2.45, 2.75) is 31.5 Å². The van der Waals surface area contributed by atoms with Crippen molar-refractivity contribution >= 4 is 5.91 Å². The Kier molecular flexibility index (Phi) is 4.65. The topological polar surface area (TPSA) is 41.1 Å². The maximum absolute atomic E-state index is 12.8. The number of carbonyl (C=O) groups excluding carboxylic acids is 1. The Morgan fingerprint density at radius 3 is 2.75 bits per heavy atom.